The number of carbonyl (C=O) groups is 1. The predicted octanol–water partition coefficient (Wildman–Crippen LogP) is 1.93. The van der Waals surface area contributed by atoms with Gasteiger partial charge in [-0.05, 0) is 18.2 Å². The van der Waals surface area contributed by atoms with Crippen LogP contribution >= 0.6 is 0 Å². The second-order valence-electron chi connectivity index (χ2n) is 6.33. The molecule has 0 aliphatic carbocycles. The molecule has 2 aromatic heterocycles. The summed E-state index contributed by atoms with van der Waals surface area (Å²) in [4.78, 5) is 22.4. The van der Waals surface area contributed by atoms with Crippen molar-refractivity contribution in [3.63, 3.8) is 0 Å². The van der Waals surface area contributed by atoms with E-state index in [0.717, 1.165) is 12.8 Å². The molecular formula is C18H19N3O3. The van der Waals surface area contributed by atoms with Crippen LogP contribution in [0.15, 0.2) is 48.9 Å². The normalized spacial score (nSPS) is 22.0. The van der Waals surface area contributed by atoms with Crippen LogP contribution in [0, 0.1) is 0 Å². The van der Waals surface area contributed by atoms with Gasteiger partial charge in [0.15, 0.2) is 0 Å². The lowest BCUT2D eigenvalue weighted by Crippen LogP contribution is -2.67. The van der Waals surface area contributed by atoms with Gasteiger partial charge in [0.1, 0.15) is 11.7 Å². The second kappa shape index (κ2) is 6.20. The van der Waals surface area contributed by atoms with Gasteiger partial charge in [-0.1, -0.05) is 6.07 Å². The van der Waals surface area contributed by atoms with E-state index in [2.05, 4.69) is 9.97 Å². The maximum Gasteiger partial charge on any atom is 0.254 e. The average Bonchev–Trinajstić information content (AvgIpc) is 2.61. The second-order valence-corrected chi connectivity index (χ2v) is 6.33. The standard InChI is InChI=1S/C18H19N3O3/c22-17(14-4-8-19-9-5-14)21-12-18(13-21)11-15(6-10-23-18)24-16-3-1-2-7-20-16/h1-5,7-9,15H,6,10-13H2. The largest absolute Gasteiger partial charge is 0.474 e. The van der Waals surface area contributed by atoms with Crippen molar-refractivity contribution in [3.8, 4) is 5.88 Å². The number of hydrogen-bond donors (Lipinski definition) is 0. The Kier molecular flexibility index (Phi) is 3.90. The molecule has 6 heteroatoms. The molecule has 1 atom stereocenters. The zero-order chi connectivity index (χ0) is 16.4. The van der Waals surface area contributed by atoms with E-state index in [9.17, 15) is 4.79 Å². The van der Waals surface area contributed by atoms with Gasteiger partial charge in [0.05, 0.1) is 19.7 Å². The maximum absolute atomic E-state index is 12.4. The van der Waals surface area contributed by atoms with E-state index in [1.165, 1.54) is 0 Å². The van der Waals surface area contributed by atoms with E-state index in [1.54, 1.807) is 30.7 Å². The molecule has 2 aromatic rings. The number of amides is 1. The number of rotatable bonds is 3. The molecule has 4 rings (SSSR count). The SMILES string of the molecule is O=C(c1ccncc1)N1CC2(CC(Oc3ccccn3)CCO2)C1. The van der Waals surface area contributed by atoms with Gasteiger partial charge in [-0.2, -0.15) is 0 Å². The van der Waals surface area contributed by atoms with E-state index >= 15 is 0 Å². The fourth-order valence-corrected chi connectivity index (χ4v) is 3.36. The van der Waals surface area contributed by atoms with Crippen LogP contribution in [0.25, 0.3) is 0 Å². The van der Waals surface area contributed by atoms with Gasteiger partial charge >= 0.3 is 0 Å². The van der Waals surface area contributed by atoms with Crippen LogP contribution < -0.4 is 4.74 Å². The summed E-state index contributed by atoms with van der Waals surface area (Å²) in [5, 5.41) is 0. The highest BCUT2D eigenvalue weighted by Gasteiger charge is 2.50. The summed E-state index contributed by atoms with van der Waals surface area (Å²) in [6, 6.07) is 9.12. The van der Waals surface area contributed by atoms with E-state index in [4.69, 9.17) is 9.47 Å². The Balaban J connectivity index is 1.36. The summed E-state index contributed by atoms with van der Waals surface area (Å²) in [6.45, 7) is 1.86. The molecule has 0 aromatic carbocycles. The van der Waals surface area contributed by atoms with Crippen LogP contribution in [-0.2, 0) is 4.74 Å². The zero-order valence-corrected chi connectivity index (χ0v) is 13.3. The van der Waals surface area contributed by atoms with Crippen LogP contribution in [0.5, 0.6) is 5.88 Å². The topological polar surface area (TPSA) is 64.6 Å². The van der Waals surface area contributed by atoms with Crippen molar-refractivity contribution >= 4 is 5.91 Å². The van der Waals surface area contributed by atoms with Crippen LogP contribution in [-0.4, -0.2) is 52.2 Å². The lowest BCUT2D eigenvalue weighted by atomic mass is 9.84. The summed E-state index contributed by atoms with van der Waals surface area (Å²) in [6.07, 6.45) is 6.70. The van der Waals surface area contributed by atoms with Gasteiger partial charge in [-0.25, -0.2) is 4.98 Å². The highest BCUT2D eigenvalue weighted by molar-refractivity contribution is 5.94. The first kappa shape index (κ1) is 15.1. The third kappa shape index (κ3) is 2.97. The number of ether oxygens (including phenoxy) is 2. The van der Waals surface area contributed by atoms with Crippen molar-refractivity contribution in [1.82, 2.24) is 14.9 Å². The molecule has 2 fully saturated rings. The number of nitrogens with zero attached hydrogens (tertiary/aromatic N) is 3. The third-order valence-corrected chi connectivity index (χ3v) is 4.55. The minimum absolute atomic E-state index is 0.0272. The Hall–Kier alpha value is -2.47. The summed E-state index contributed by atoms with van der Waals surface area (Å²) in [5.74, 6) is 0.669. The Morgan fingerprint density at radius 1 is 1.21 bits per heavy atom. The van der Waals surface area contributed by atoms with Crippen molar-refractivity contribution in [3.05, 3.63) is 54.5 Å². The first-order chi connectivity index (χ1) is 11.7. The Bertz CT molecular complexity index is 702. The van der Waals surface area contributed by atoms with Crippen molar-refractivity contribution in [1.29, 1.82) is 0 Å². The number of aromatic nitrogens is 2. The lowest BCUT2D eigenvalue weighted by Gasteiger charge is -2.52. The van der Waals surface area contributed by atoms with E-state index in [0.29, 0.717) is 31.1 Å². The molecule has 1 spiro atoms. The number of carbonyl (C=O) groups excluding carboxylic acids is 1. The molecule has 0 N–H and O–H groups in total. The van der Waals surface area contributed by atoms with Crippen molar-refractivity contribution < 1.29 is 14.3 Å². The fraction of sp³-hybridized carbons (Fsp3) is 0.389. The minimum Gasteiger partial charge on any atom is -0.474 e. The fourth-order valence-electron chi connectivity index (χ4n) is 3.36. The number of pyridine rings is 2. The summed E-state index contributed by atoms with van der Waals surface area (Å²) < 4.78 is 11.9. The number of likely N-dealkylation sites (tertiary alicyclic amines) is 1. The van der Waals surface area contributed by atoms with Gasteiger partial charge in [0.2, 0.25) is 5.88 Å². The van der Waals surface area contributed by atoms with Crippen LogP contribution in [0.3, 0.4) is 0 Å². The van der Waals surface area contributed by atoms with E-state index in [1.807, 2.05) is 23.1 Å². The Labute approximate surface area is 140 Å². The van der Waals surface area contributed by atoms with Crippen molar-refractivity contribution in [2.24, 2.45) is 0 Å². The zero-order valence-electron chi connectivity index (χ0n) is 13.3. The van der Waals surface area contributed by atoms with Crippen LogP contribution in [0.1, 0.15) is 23.2 Å². The molecule has 1 amide bonds. The summed E-state index contributed by atoms with van der Waals surface area (Å²) in [5.41, 5.74) is 0.386. The Morgan fingerprint density at radius 3 is 2.79 bits per heavy atom. The van der Waals surface area contributed by atoms with Gasteiger partial charge in [0.25, 0.3) is 5.91 Å². The van der Waals surface area contributed by atoms with Gasteiger partial charge in [-0.3, -0.25) is 9.78 Å². The molecule has 24 heavy (non-hydrogen) atoms. The first-order valence-corrected chi connectivity index (χ1v) is 8.15. The summed E-state index contributed by atoms with van der Waals surface area (Å²) >= 11 is 0. The number of hydrogen-bond acceptors (Lipinski definition) is 5. The quantitative estimate of drug-likeness (QED) is 0.863. The van der Waals surface area contributed by atoms with Gasteiger partial charge < -0.3 is 14.4 Å². The lowest BCUT2D eigenvalue weighted by molar-refractivity contribution is -0.174. The molecule has 2 saturated heterocycles. The summed E-state index contributed by atoms with van der Waals surface area (Å²) in [7, 11) is 0. The molecule has 6 nitrogen and oxygen atoms in total. The van der Waals surface area contributed by atoms with Crippen molar-refractivity contribution in [2.45, 2.75) is 24.5 Å². The maximum atomic E-state index is 12.4. The Morgan fingerprint density at radius 2 is 2.04 bits per heavy atom. The first-order valence-electron chi connectivity index (χ1n) is 8.15. The molecule has 2 aliphatic heterocycles. The molecule has 0 radical (unpaired) electrons. The minimum atomic E-state index is -0.277. The smallest absolute Gasteiger partial charge is 0.254 e. The molecule has 0 bridgehead atoms. The van der Waals surface area contributed by atoms with Crippen LogP contribution in [0.4, 0.5) is 0 Å². The van der Waals surface area contributed by atoms with Gasteiger partial charge in [0, 0.05) is 43.1 Å². The monoisotopic (exact) mass is 325 g/mol. The molecule has 124 valence electrons. The van der Waals surface area contributed by atoms with E-state index in [-0.39, 0.29) is 17.6 Å². The van der Waals surface area contributed by atoms with E-state index < -0.39 is 0 Å². The van der Waals surface area contributed by atoms with Crippen LogP contribution in [0.2, 0.25) is 0 Å². The average molecular weight is 325 g/mol. The molecule has 4 heterocycles. The molecule has 2 aliphatic rings. The highest BCUT2D eigenvalue weighted by Crippen LogP contribution is 2.36. The molecule has 1 unspecified atom stereocenters. The molecular weight excluding hydrogens is 306 g/mol. The third-order valence-electron chi connectivity index (χ3n) is 4.55. The predicted molar refractivity (Wildman–Crippen MR) is 86.7 cm³/mol. The highest BCUT2D eigenvalue weighted by atomic mass is 16.5. The van der Waals surface area contributed by atoms with Gasteiger partial charge in [-0.15, -0.1) is 0 Å². The molecule has 0 saturated carbocycles. The van der Waals surface area contributed by atoms with Crippen molar-refractivity contribution in [2.75, 3.05) is 19.7 Å².